The number of nitrogens with one attached hydrogen (secondary N) is 1. The second kappa shape index (κ2) is 12.1. The van der Waals surface area contributed by atoms with Gasteiger partial charge in [0, 0.05) is 48.7 Å². The highest BCUT2D eigenvalue weighted by Gasteiger charge is 2.28. The Morgan fingerprint density at radius 2 is 1.59 bits per heavy atom. The summed E-state index contributed by atoms with van der Waals surface area (Å²) >= 11 is 0. The van der Waals surface area contributed by atoms with E-state index >= 15 is 0 Å². The number of nitrogens with zero attached hydrogens (tertiary/aromatic N) is 2. The van der Waals surface area contributed by atoms with Crippen LogP contribution < -0.4 is 15.0 Å². The van der Waals surface area contributed by atoms with Crippen molar-refractivity contribution >= 4 is 23.4 Å². The molecule has 0 saturated carbocycles. The van der Waals surface area contributed by atoms with Crippen molar-refractivity contribution in [2.75, 3.05) is 23.8 Å². The predicted octanol–water partition coefficient (Wildman–Crippen LogP) is 6.63. The molecule has 2 unspecified atom stereocenters. The molecule has 0 bridgehead atoms. The second-order valence-corrected chi connectivity index (χ2v) is 10.2. The molecule has 1 aliphatic heterocycles. The molecule has 1 aliphatic rings. The number of hydrogen-bond donors (Lipinski definition) is 1. The Morgan fingerprint density at radius 3 is 2.27 bits per heavy atom. The number of hydrogen-bond acceptors (Lipinski definition) is 4. The zero-order valence-corrected chi connectivity index (χ0v) is 22.2. The molecule has 2 atom stereocenters. The lowest BCUT2D eigenvalue weighted by Crippen LogP contribution is -2.46. The average molecular weight is 500 g/mol. The van der Waals surface area contributed by atoms with Gasteiger partial charge in [-0.25, -0.2) is 4.79 Å². The predicted molar refractivity (Wildman–Crippen MR) is 149 cm³/mol. The van der Waals surface area contributed by atoms with E-state index in [4.69, 9.17) is 4.74 Å². The Hall–Kier alpha value is -3.64. The Balaban J connectivity index is 1.31. The van der Waals surface area contributed by atoms with E-state index in [1.54, 1.807) is 31.3 Å². The lowest BCUT2D eigenvalue weighted by Gasteiger charge is -2.41. The van der Waals surface area contributed by atoms with Gasteiger partial charge in [-0.15, -0.1) is 0 Å². The van der Waals surface area contributed by atoms with Gasteiger partial charge < -0.3 is 10.1 Å². The molecular weight excluding hydrogens is 462 g/mol. The normalized spacial score (nSPS) is 19.7. The van der Waals surface area contributed by atoms with Crippen molar-refractivity contribution in [3.8, 4) is 5.75 Å². The van der Waals surface area contributed by atoms with Gasteiger partial charge in [-0.3, -0.25) is 14.6 Å². The molecule has 6 nitrogen and oxygen atoms in total. The third-order valence-electron chi connectivity index (χ3n) is 7.21. The van der Waals surface area contributed by atoms with Crippen LogP contribution in [0, 0.1) is 5.92 Å². The molecule has 3 aromatic rings. The highest BCUT2D eigenvalue weighted by atomic mass is 16.6. The molecule has 0 radical (unpaired) electrons. The van der Waals surface area contributed by atoms with Crippen LogP contribution in [0.5, 0.6) is 5.75 Å². The van der Waals surface area contributed by atoms with Crippen LogP contribution >= 0.6 is 0 Å². The topological polar surface area (TPSA) is 61.9 Å². The number of para-hydroxylation sites is 1. The summed E-state index contributed by atoms with van der Waals surface area (Å²) in [5.74, 6) is 0.947. The van der Waals surface area contributed by atoms with E-state index in [0.29, 0.717) is 29.1 Å². The minimum absolute atomic E-state index is 0.205. The van der Waals surface area contributed by atoms with Gasteiger partial charge in [0.15, 0.2) is 0 Å². The highest BCUT2D eigenvalue weighted by molar-refractivity contribution is 6.04. The Kier molecular flexibility index (Phi) is 8.62. The number of carbonyl (C=O) groups is 2. The Labute approximate surface area is 220 Å². The summed E-state index contributed by atoms with van der Waals surface area (Å²) in [5, 5.41) is 2.90. The van der Waals surface area contributed by atoms with Gasteiger partial charge in [-0.2, -0.15) is 0 Å². The van der Waals surface area contributed by atoms with Crippen LogP contribution in [0.15, 0.2) is 78.9 Å². The van der Waals surface area contributed by atoms with E-state index < -0.39 is 6.09 Å². The van der Waals surface area contributed by atoms with Crippen molar-refractivity contribution in [1.29, 1.82) is 0 Å². The first-order valence-electron chi connectivity index (χ1n) is 13.1. The average Bonchev–Trinajstić information content (AvgIpc) is 2.88. The van der Waals surface area contributed by atoms with Crippen LogP contribution in [0.2, 0.25) is 0 Å². The molecule has 4 rings (SSSR count). The van der Waals surface area contributed by atoms with Gasteiger partial charge in [0.05, 0.1) is 0 Å². The first-order valence-corrected chi connectivity index (χ1v) is 13.1. The molecule has 1 saturated heterocycles. The highest BCUT2D eigenvalue weighted by Crippen LogP contribution is 2.27. The van der Waals surface area contributed by atoms with Crippen LogP contribution in [-0.2, 0) is 6.42 Å². The van der Waals surface area contributed by atoms with Crippen LogP contribution in [0.3, 0.4) is 0 Å². The molecule has 194 valence electrons. The number of likely N-dealkylation sites (tertiary alicyclic amines) is 1. The van der Waals surface area contributed by atoms with E-state index in [1.807, 2.05) is 54.6 Å². The Morgan fingerprint density at radius 1 is 0.919 bits per heavy atom. The van der Waals surface area contributed by atoms with Crippen molar-refractivity contribution in [2.24, 2.45) is 5.92 Å². The summed E-state index contributed by atoms with van der Waals surface area (Å²) in [4.78, 5) is 29.4. The van der Waals surface area contributed by atoms with E-state index in [1.165, 1.54) is 23.3 Å². The zero-order chi connectivity index (χ0) is 26.4. The van der Waals surface area contributed by atoms with E-state index in [9.17, 15) is 9.59 Å². The smallest absolute Gasteiger partial charge is 0.410 e. The van der Waals surface area contributed by atoms with Crippen molar-refractivity contribution < 1.29 is 14.3 Å². The molecule has 1 fully saturated rings. The number of anilines is 2. The van der Waals surface area contributed by atoms with Gasteiger partial charge in [0.25, 0.3) is 5.91 Å². The van der Waals surface area contributed by atoms with Crippen LogP contribution in [0.4, 0.5) is 16.2 Å². The number of benzene rings is 3. The lowest BCUT2D eigenvalue weighted by atomic mass is 9.88. The van der Waals surface area contributed by atoms with E-state index in [0.717, 1.165) is 24.6 Å². The quantitative estimate of drug-likeness (QED) is 0.397. The molecule has 6 heteroatoms. The molecule has 1 N–H and O–H groups in total. The van der Waals surface area contributed by atoms with E-state index in [-0.39, 0.29) is 5.91 Å². The molecule has 0 aliphatic carbocycles. The van der Waals surface area contributed by atoms with E-state index in [2.05, 4.69) is 31.0 Å². The molecule has 3 aromatic carbocycles. The standard InChI is InChI=1S/C31H37N3O3/c1-22-19-23(2)34(24(3)20-22)18-17-25-13-15-26(16-14-25)30(35)32-27-9-8-12-29(21-27)37-31(36)33(4)28-10-6-5-7-11-28/h5-16,21-24H,17-20H2,1-4H3,(H,32,35). The third-order valence-corrected chi connectivity index (χ3v) is 7.21. The summed E-state index contributed by atoms with van der Waals surface area (Å²) in [5.41, 5.74) is 3.11. The first kappa shape index (κ1) is 26.4. The second-order valence-electron chi connectivity index (χ2n) is 10.2. The fraction of sp³-hybridized carbons (Fsp3) is 0.355. The van der Waals surface area contributed by atoms with Crippen molar-refractivity contribution in [2.45, 2.75) is 52.1 Å². The van der Waals surface area contributed by atoms with Crippen molar-refractivity contribution in [1.82, 2.24) is 4.90 Å². The minimum Gasteiger partial charge on any atom is -0.410 e. The number of ether oxygens (including phenoxy) is 1. The molecule has 0 spiro atoms. The van der Waals surface area contributed by atoms with Crippen LogP contribution in [-0.4, -0.2) is 42.6 Å². The van der Waals surface area contributed by atoms with Crippen LogP contribution in [0.1, 0.15) is 49.5 Å². The van der Waals surface area contributed by atoms with Gasteiger partial charge in [0.2, 0.25) is 0 Å². The summed E-state index contributed by atoms with van der Waals surface area (Å²) in [7, 11) is 1.65. The molecule has 37 heavy (non-hydrogen) atoms. The van der Waals surface area contributed by atoms with Crippen molar-refractivity contribution in [3.05, 3.63) is 90.0 Å². The Bertz CT molecular complexity index is 1180. The number of piperidine rings is 1. The maximum Gasteiger partial charge on any atom is 0.419 e. The van der Waals surface area contributed by atoms with Gasteiger partial charge >= 0.3 is 6.09 Å². The fourth-order valence-electron chi connectivity index (χ4n) is 5.25. The summed E-state index contributed by atoms with van der Waals surface area (Å²) in [6.45, 7) is 8.04. The van der Waals surface area contributed by atoms with Crippen molar-refractivity contribution in [3.63, 3.8) is 0 Å². The number of rotatable bonds is 7. The largest absolute Gasteiger partial charge is 0.419 e. The minimum atomic E-state index is -0.506. The SMILES string of the molecule is CC1CC(C)N(CCc2ccc(C(=O)Nc3cccc(OC(=O)N(C)c4ccccc4)c3)cc2)C(C)C1. The maximum absolute atomic E-state index is 12.8. The van der Waals surface area contributed by atoms with Gasteiger partial charge in [0.1, 0.15) is 5.75 Å². The van der Waals surface area contributed by atoms with Gasteiger partial charge in [-0.1, -0.05) is 43.3 Å². The summed E-state index contributed by atoms with van der Waals surface area (Å²) < 4.78 is 5.50. The number of carbonyl (C=O) groups excluding carboxylic acids is 2. The summed E-state index contributed by atoms with van der Waals surface area (Å²) in [6.07, 6.45) is 2.98. The molecule has 1 heterocycles. The monoisotopic (exact) mass is 499 g/mol. The third kappa shape index (κ3) is 6.98. The molecule has 0 aromatic heterocycles. The first-order chi connectivity index (χ1) is 17.8. The molecular formula is C31H37N3O3. The molecule has 2 amide bonds. The number of amides is 2. The summed E-state index contributed by atoms with van der Waals surface area (Å²) in [6, 6.07) is 25.1. The zero-order valence-electron chi connectivity index (χ0n) is 22.2. The fourth-order valence-corrected chi connectivity index (χ4v) is 5.25. The van der Waals surface area contributed by atoms with Crippen LogP contribution in [0.25, 0.3) is 0 Å². The lowest BCUT2D eigenvalue weighted by molar-refractivity contribution is 0.0770. The maximum atomic E-state index is 12.8. The van der Waals surface area contributed by atoms with Gasteiger partial charge in [-0.05, 0) is 81.0 Å².